The minimum absolute atomic E-state index is 0.115. The van der Waals surface area contributed by atoms with Gasteiger partial charge in [-0.3, -0.25) is 0 Å². The number of ether oxygens (including phenoxy) is 1. The average Bonchev–Trinajstić information content (AvgIpc) is 2.66. The Labute approximate surface area is 149 Å². The second-order valence-corrected chi connectivity index (χ2v) is 5.60. The van der Waals surface area contributed by atoms with Gasteiger partial charge in [0.1, 0.15) is 0 Å². The molecule has 1 N–H and O–H groups in total. The summed E-state index contributed by atoms with van der Waals surface area (Å²) in [5.74, 6) is -3.15. The molecule has 0 aliphatic carbocycles. The number of halogens is 2. The van der Waals surface area contributed by atoms with E-state index in [1.165, 1.54) is 18.2 Å². The van der Waals surface area contributed by atoms with Crippen LogP contribution < -0.4 is 4.74 Å². The molecule has 0 aromatic heterocycles. The van der Waals surface area contributed by atoms with Gasteiger partial charge in [0.25, 0.3) is 0 Å². The first-order valence-electron chi connectivity index (χ1n) is 8.07. The van der Waals surface area contributed by atoms with Gasteiger partial charge in [-0.15, -0.1) is 0 Å². The molecule has 0 bridgehead atoms. The molecule has 0 heterocycles. The number of carbonyl (C=O) groups is 1. The van der Waals surface area contributed by atoms with Crippen molar-refractivity contribution in [3.8, 4) is 28.0 Å². The Hall–Kier alpha value is -3.21. The van der Waals surface area contributed by atoms with E-state index in [2.05, 4.69) is 0 Å². The lowest BCUT2D eigenvalue weighted by atomic mass is 9.97. The van der Waals surface area contributed by atoms with Gasteiger partial charge in [-0.05, 0) is 41.8 Å². The van der Waals surface area contributed by atoms with E-state index in [0.29, 0.717) is 16.7 Å². The van der Waals surface area contributed by atoms with Crippen molar-refractivity contribution in [2.75, 3.05) is 6.61 Å². The van der Waals surface area contributed by atoms with Gasteiger partial charge in [-0.1, -0.05) is 42.5 Å². The first kappa shape index (κ1) is 17.6. The monoisotopic (exact) mass is 354 g/mol. The zero-order valence-electron chi connectivity index (χ0n) is 14.0. The van der Waals surface area contributed by atoms with Gasteiger partial charge >= 0.3 is 5.97 Å². The minimum Gasteiger partial charge on any atom is -0.491 e. The van der Waals surface area contributed by atoms with Crippen molar-refractivity contribution < 1.29 is 23.4 Å². The smallest absolute Gasteiger partial charge is 0.336 e. The van der Waals surface area contributed by atoms with Crippen LogP contribution in [0.3, 0.4) is 0 Å². The lowest BCUT2D eigenvalue weighted by molar-refractivity contribution is 0.0697. The van der Waals surface area contributed by atoms with Crippen molar-refractivity contribution in [2.45, 2.75) is 6.92 Å². The Morgan fingerprint density at radius 1 is 0.885 bits per heavy atom. The Kier molecular flexibility index (Phi) is 4.98. The van der Waals surface area contributed by atoms with Crippen LogP contribution in [-0.2, 0) is 0 Å². The molecule has 0 unspecified atom stereocenters. The molecule has 3 aromatic rings. The molecule has 0 aliphatic rings. The summed E-state index contributed by atoms with van der Waals surface area (Å²) in [5.41, 5.74) is 2.02. The number of rotatable bonds is 5. The number of carboxylic acids is 1. The number of aromatic carboxylic acids is 1. The lowest BCUT2D eigenvalue weighted by Crippen LogP contribution is -1.99. The molecule has 0 radical (unpaired) electrons. The third-order valence-corrected chi connectivity index (χ3v) is 4.01. The summed E-state index contributed by atoms with van der Waals surface area (Å²) >= 11 is 0. The molecule has 0 fully saturated rings. The fraction of sp³-hybridized carbons (Fsp3) is 0.0952. The van der Waals surface area contributed by atoms with Gasteiger partial charge < -0.3 is 9.84 Å². The third-order valence-electron chi connectivity index (χ3n) is 4.01. The van der Waals surface area contributed by atoms with Crippen LogP contribution in [-0.4, -0.2) is 17.7 Å². The molecule has 0 spiro atoms. The summed E-state index contributed by atoms with van der Waals surface area (Å²) in [6.45, 7) is 1.94. The van der Waals surface area contributed by atoms with Gasteiger partial charge in [-0.2, -0.15) is 4.39 Å². The summed E-state index contributed by atoms with van der Waals surface area (Å²) in [4.78, 5) is 11.3. The highest BCUT2D eigenvalue weighted by Gasteiger charge is 2.16. The van der Waals surface area contributed by atoms with E-state index in [0.717, 1.165) is 0 Å². The van der Waals surface area contributed by atoms with Crippen LogP contribution in [0.15, 0.2) is 60.7 Å². The van der Waals surface area contributed by atoms with Crippen LogP contribution >= 0.6 is 0 Å². The van der Waals surface area contributed by atoms with Crippen LogP contribution in [0.25, 0.3) is 22.3 Å². The predicted octanol–water partition coefficient (Wildman–Crippen LogP) is 5.40. The largest absolute Gasteiger partial charge is 0.491 e. The second kappa shape index (κ2) is 7.35. The summed E-state index contributed by atoms with van der Waals surface area (Å²) in [6, 6.07) is 16.1. The standard InChI is InChI=1S/C21H16F2O3/c1-2-26-18-12-11-16(19(22)20(18)23)14-9-7-13(8-10-14)15-5-3-4-6-17(15)21(24)25/h3-12H,2H2,1H3,(H,24,25). The lowest BCUT2D eigenvalue weighted by Gasteiger charge is -2.10. The minimum atomic E-state index is -1.02. The zero-order chi connectivity index (χ0) is 18.7. The maximum absolute atomic E-state index is 14.3. The molecule has 26 heavy (non-hydrogen) atoms. The third kappa shape index (κ3) is 3.28. The molecule has 3 rings (SSSR count). The van der Waals surface area contributed by atoms with E-state index in [4.69, 9.17) is 4.74 Å². The van der Waals surface area contributed by atoms with E-state index >= 15 is 0 Å². The van der Waals surface area contributed by atoms with Crippen molar-refractivity contribution in [2.24, 2.45) is 0 Å². The summed E-state index contributed by atoms with van der Waals surface area (Å²) in [6.07, 6.45) is 0. The Morgan fingerprint density at radius 2 is 1.50 bits per heavy atom. The van der Waals surface area contributed by atoms with E-state index < -0.39 is 17.6 Å². The molecule has 5 heteroatoms. The van der Waals surface area contributed by atoms with Crippen molar-refractivity contribution in [3.63, 3.8) is 0 Å². The maximum Gasteiger partial charge on any atom is 0.336 e. The van der Waals surface area contributed by atoms with Crippen LogP contribution in [0.4, 0.5) is 8.78 Å². The fourth-order valence-corrected chi connectivity index (χ4v) is 2.77. The van der Waals surface area contributed by atoms with Crippen LogP contribution in [0.5, 0.6) is 5.75 Å². The van der Waals surface area contributed by atoms with Crippen LogP contribution in [0, 0.1) is 11.6 Å². The number of hydrogen-bond acceptors (Lipinski definition) is 2. The predicted molar refractivity (Wildman–Crippen MR) is 95.4 cm³/mol. The van der Waals surface area contributed by atoms with E-state index in [1.807, 2.05) is 0 Å². The number of carboxylic acid groups (broad SMARTS) is 1. The maximum atomic E-state index is 14.3. The molecule has 132 valence electrons. The Morgan fingerprint density at radius 3 is 2.12 bits per heavy atom. The van der Waals surface area contributed by atoms with Crippen LogP contribution in [0.2, 0.25) is 0 Å². The molecule has 0 atom stereocenters. The van der Waals surface area contributed by atoms with E-state index in [9.17, 15) is 18.7 Å². The topological polar surface area (TPSA) is 46.5 Å². The van der Waals surface area contributed by atoms with E-state index in [1.54, 1.807) is 49.4 Å². The molecular formula is C21H16F2O3. The Balaban J connectivity index is 1.99. The fourth-order valence-electron chi connectivity index (χ4n) is 2.77. The second-order valence-electron chi connectivity index (χ2n) is 5.60. The summed E-state index contributed by atoms with van der Waals surface area (Å²) < 4.78 is 33.4. The number of benzene rings is 3. The van der Waals surface area contributed by atoms with Gasteiger partial charge in [0.05, 0.1) is 12.2 Å². The van der Waals surface area contributed by atoms with Gasteiger partial charge in [0, 0.05) is 5.56 Å². The number of hydrogen-bond donors (Lipinski definition) is 1. The first-order valence-corrected chi connectivity index (χ1v) is 8.07. The van der Waals surface area contributed by atoms with Gasteiger partial charge in [-0.25, -0.2) is 9.18 Å². The Bertz CT molecular complexity index is 950. The molecule has 3 aromatic carbocycles. The van der Waals surface area contributed by atoms with E-state index in [-0.39, 0.29) is 23.5 Å². The SMILES string of the molecule is CCOc1ccc(-c2ccc(-c3ccccc3C(=O)O)cc2)c(F)c1F. The zero-order valence-corrected chi connectivity index (χ0v) is 14.0. The molecule has 0 saturated carbocycles. The quantitative estimate of drug-likeness (QED) is 0.668. The average molecular weight is 354 g/mol. The van der Waals surface area contributed by atoms with Crippen molar-refractivity contribution in [1.82, 2.24) is 0 Å². The normalized spacial score (nSPS) is 10.6. The van der Waals surface area contributed by atoms with Gasteiger partial charge in [0.2, 0.25) is 5.82 Å². The molecule has 0 amide bonds. The van der Waals surface area contributed by atoms with Gasteiger partial charge in [0.15, 0.2) is 11.6 Å². The molecular weight excluding hydrogens is 338 g/mol. The summed E-state index contributed by atoms with van der Waals surface area (Å²) in [7, 11) is 0. The molecule has 3 nitrogen and oxygen atoms in total. The highest BCUT2D eigenvalue weighted by Crippen LogP contribution is 2.32. The first-order chi connectivity index (χ1) is 12.5. The molecule has 0 aliphatic heterocycles. The van der Waals surface area contributed by atoms with Crippen LogP contribution in [0.1, 0.15) is 17.3 Å². The highest BCUT2D eigenvalue weighted by molar-refractivity contribution is 5.96. The molecule has 0 saturated heterocycles. The van der Waals surface area contributed by atoms with Crippen molar-refractivity contribution in [1.29, 1.82) is 0 Å². The highest BCUT2D eigenvalue weighted by atomic mass is 19.2. The van der Waals surface area contributed by atoms with Crippen molar-refractivity contribution in [3.05, 3.63) is 77.9 Å². The summed E-state index contributed by atoms with van der Waals surface area (Å²) in [5, 5.41) is 9.29. The van der Waals surface area contributed by atoms with Crippen molar-refractivity contribution >= 4 is 5.97 Å².